The van der Waals surface area contributed by atoms with Crippen molar-refractivity contribution in [3.05, 3.63) is 101 Å². The summed E-state index contributed by atoms with van der Waals surface area (Å²) >= 11 is 0. The number of hydrogen-bond donors (Lipinski definition) is 3. The summed E-state index contributed by atoms with van der Waals surface area (Å²) in [5, 5.41) is 4.13. The van der Waals surface area contributed by atoms with E-state index in [0.29, 0.717) is 22.7 Å². The fourth-order valence-corrected chi connectivity index (χ4v) is 3.86. The van der Waals surface area contributed by atoms with Gasteiger partial charge in [0.05, 0.1) is 30.3 Å². The van der Waals surface area contributed by atoms with E-state index in [2.05, 4.69) is 5.32 Å². The molecule has 0 radical (unpaired) electrons. The second-order valence-electron chi connectivity index (χ2n) is 7.82. The van der Waals surface area contributed by atoms with Gasteiger partial charge < -0.3 is 26.3 Å². The molecule has 176 valence electrons. The standard InChI is InChI=1S/C26H28N4O4/c1-29-25(31)26(28)22(27)15-30(34-17-19-11-7-4-8-12-19)20-13-14-21(32-2)24(23(20)26)33-16-18-9-5-3-6-10-18/h3-15H,16-17,27-28H2,1-2H3,(H,29,31). The Morgan fingerprint density at radius 2 is 1.59 bits per heavy atom. The van der Waals surface area contributed by atoms with Gasteiger partial charge in [0.15, 0.2) is 17.0 Å². The number of nitrogens with zero attached hydrogens (tertiary/aromatic N) is 1. The van der Waals surface area contributed by atoms with Crippen molar-refractivity contribution in [3.8, 4) is 11.5 Å². The van der Waals surface area contributed by atoms with Crippen molar-refractivity contribution < 1.29 is 19.1 Å². The van der Waals surface area contributed by atoms with Gasteiger partial charge in [-0.1, -0.05) is 60.7 Å². The minimum Gasteiger partial charge on any atom is -0.493 e. The predicted octanol–water partition coefficient (Wildman–Crippen LogP) is 2.93. The molecule has 1 heterocycles. The smallest absolute Gasteiger partial charge is 0.250 e. The molecule has 0 aromatic heterocycles. The van der Waals surface area contributed by atoms with Crippen molar-refractivity contribution in [1.29, 1.82) is 0 Å². The van der Waals surface area contributed by atoms with Crippen molar-refractivity contribution in [2.24, 2.45) is 11.5 Å². The fourth-order valence-electron chi connectivity index (χ4n) is 3.86. The van der Waals surface area contributed by atoms with Gasteiger partial charge in [0.2, 0.25) is 0 Å². The van der Waals surface area contributed by atoms with Crippen LogP contribution in [0.1, 0.15) is 16.7 Å². The first-order chi connectivity index (χ1) is 16.5. The molecule has 0 aliphatic carbocycles. The summed E-state index contributed by atoms with van der Waals surface area (Å²) in [6.45, 7) is 0.528. The molecule has 1 aliphatic rings. The first-order valence-electron chi connectivity index (χ1n) is 10.8. The monoisotopic (exact) mass is 460 g/mol. The number of fused-ring (bicyclic) bond motifs is 1. The van der Waals surface area contributed by atoms with E-state index in [0.717, 1.165) is 11.1 Å². The number of ether oxygens (including phenoxy) is 2. The Bertz CT molecular complexity index is 1180. The lowest BCUT2D eigenvalue weighted by Gasteiger charge is -2.39. The number of rotatable bonds is 8. The summed E-state index contributed by atoms with van der Waals surface area (Å²) < 4.78 is 11.8. The molecule has 0 saturated carbocycles. The minimum atomic E-state index is -1.70. The lowest BCUT2D eigenvalue weighted by Crippen LogP contribution is -2.56. The van der Waals surface area contributed by atoms with Gasteiger partial charge >= 0.3 is 0 Å². The highest BCUT2D eigenvalue weighted by Crippen LogP contribution is 2.48. The molecule has 0 fully saturated rings. The molecule has 3 aromatic carbocycles. The molecule has 0 bridgehead atoms. The zero-order valence-electron chi connectivity index (χ0n) is 19.2. The number of benzene rings is 3. The van der Waals surface area contributed by atoms with Gasteiger partial charge in [0.1, 0.15) is 13.2 Å². The van der Waals surface area contributed by atoms with Gasteiger partial charge in [0.25, 0.3) is 5.91 Å². The Morgan fingerprint density at radius 3 is 2.18 bits per heavy atom. The Hall–Kier alpha value is -4.01. The summed E-state index contributed by atoms with van der Waals surface area (Å²) in [6, 6.07) is 22.9. The zero-order valence-corrected chi connectivity index (χ0v) is 19.2. The molecule has 8 heteroatoms. The second-order valence-corrected chi connectivity index (χ2v) is 7.82. The third kappa shape index (κ3) is 4.28. The van der Waals surface area contributed by atoms with Crippen LogP contribution in [0.3, 0.4) is 0 Å². The molecule has 0 spiro atoms. The van der Waals surface area contributed by atoms with Crippen LogP contribution in [-0.4, -0.2) is 20.1 Å². The predicted molar refractivity (Wildman–Crippen MR) is 130 cm³/mol. The van der Waals surface area contributed by atoms with Crippen LogP contribution in [0, 0.1) is 0 Å². The molecule has 34 heavy (non-hydrogen) atoms. The largest absolute Gasteiger partial charge is 0.493 e. The van der Waals surface area contributed by atoms with Gasteiger partial charge in [-0.3, -0.25) is 9.63 Å². The summed E-state index contributed by atoms with van der Waals surface area (Å²) in [5.41, 5.74) is 14.3. The Morgan fingerprint density at radius 1 is 0.971 bits per heavy atom. The quantitative estimate of drug-likeness (QED) is 0.474. The highest BCUT2D eigenvalue weighted by molar-refractivity contribution is 5.95. The molecule has 1 atom stereocenters. The van der Waals surface area contributed by atoms with E-state index < -0.39 is 11.4 Å². The van der Waals surface area contributed by atoms with Gasteiger partial charge in [-0.15, -0.1) is 0 Å². The van der Waals surface area contributed by atoms with Crippen molar-refractivity contribution in [3.63, 3.8) is 0 Å². The third-order valence-electron chi connectivity index (χ3n) is 5.69. The summed E-state index contributed by atoms with van der Waals surface area (Å²) in [7, 11) is 3.04. The molecule has 4 rings (SSSR count). The van der Waals surface area contributed by atoms with Crippen LogP contribution < -0.4 is 31.3 Å². The van der Waals surface area contributed by atoms with Crippen molar-refractivity contribution in [2.45, 2.75) is 18.8 Å². The molecular weight excluding hydrogens is 432 g/mol. The van der Waals surface area contributed by atoms with Crippen LogP contribution in [0.5, 0.6) is 11.5 Å². The minimum absolute atomic E-state index is 0.102. The van der Waals surface area contributed by atoms with E-state index in [4.69, 9.17) is 25.8 Å². The number of amides is 1. The Labute approximate surface area is 198 Å². The van der Waals surface area contributed by atoms with Crippen molar-refractivity contribution in [1.82, 2.24) is 5.32 Å². The van der Waals surface area contributed by atoms with E-state index >= 15 is 0 Å². The first-order valence-corrected chi connectivity index (χ1v) is 10.8. The Kier molecular flexibility index (Phi) is 6.72. The molecular formula is C26H28N4O4. The van der Waals surface area contributed by atoms with Crippen LogP contribution >= 0.6 is 0 Å². The number of carbonyl (C=O) groups is 1. The number of hydrogen-bond acceptors (Lipinski definition) is 7. The van der Waals surface area contributed by atoms with Gasteiger partial charge in [-0.25, -0.2) is 5.06 Å². The molecule has 5 N–H and O–H groups in total. The number of nitrogens with two attached hydrogens (primary N) is 2. The second kappa shape index (κ2) is 9.86. The lowest BCUT2D eigenvalue weighted by atomic mass is 9.82. The number of nitrogens with one attached hydrogen (secondary N) is 1. The van der Waals surface area contributed by atoms with E-state index in [1.54, 1.807) is 12.1 Å². The average molecular weight is 461 g/mol. The molecule has 8 nitrogen and oxygen atoms in total. The zero-order chi connectivity index (χ0) is 24.1. The highest BCUT2D eigenvalue weighted by Gasteiger charge is 2.47. The fraction of sp³-hybridized carbons (Fsp3) is 0.192. The number of methoxy groups -OCH3 is 1. The van der Waals surface area contributed by atoms with E-state index in [1.807, 2.05) is 60.7 Å². The van der Waals surface area contributed by atoms with Crippen LogP contribution in [0.2, 0.25) is 0 Å². The average Bonchev–Trinajstić information content (AvgIpc) is 2.88. The van der Waals surface area contributed by atoms with E-state index in [-0.39, 0.29) is 18.9 Å². The molecule has 1 unspecified atom stereocenters. The number of anilines is 1. The summed E-state index contributed by atoms with van der Waals surface area (Å²) in [4.78, 5) is 19.1. The molecule has 1 aliphatic heterocycles. The first kappa shape index (κ1) is 23.2. The van der Waals surface area contributed by atoms with Crippen LogP contribution in [-0.2, 0) is 28.4 Å². The van der Waals surface area contributed by atoms with Crippen LogP contribution in [0.25, 0.3) is 0 Å². The molecule has 3 aromatic rings. The lowest BCUT2D eigenvalue weighted by molar-refractivity contribution is -0.125. The van der Waals surface area contributed by atoms with E-state index in [1.165, 1.54) is 25.4 Å². The maximum Gasteiger partial charge on any atom is 0.250 e. The van der Waals surface area contributed by atoms with Crippen molar-refractivity contribution in [2.75, 3.05) is 19.2 Å². The normalized spacial score (nSPS) is 16.9. The summed E-state index contributed by atoms with van der Waals surface area (Å²) in [5.74, 6) is 0.258. The SMILES string of the molecule is CNC(=O)C1(N)C(N)=CN(OCc2ccccc2)c2ccc(OC)c(OCc3ccccc3)c21. The number of carbonyl (C=O) groups excluding carboxylic acids is 1. The molecule has 0 saturated heterocycles. The van der Waals surface area contributed by atoms with Crippen molar-refractivity contribution >= 4 is 11.6 Å². The van der Waals surface area contributed by atoms with Gasteiger partial charge in [-0.05, 0) is 23.3 Å². The van der Waals surface area contributed by atoms with Crippen LogP contribution in [0.15, 0.2) is 84.7 Å². The maximum absolute atomic E-state index is 13.1. The number of hydroxylamine groups is 1. The van der Waals surface area contributed by atoms with E-state index in [9.17, 15) is 4.79 Å². The maximum atomic E-state index is 13.1. The Balaban J connectivity index is 1.79. The highest BCUT2D eigenvalue weighted by atomic mass is 16.7. The topological polar surface area (TPSA) is 112 Å². The van der Waals surface area contributed by atoms with Gasteiger partial charge in [0, 0.05) is 7.05 Å². The molecule has 1 amide bonds. The number of likely N-dealkylation sites (N-methyl/N-ethyl adjacent to an activating group) is 1. The van der Waals surface area contributed by atoms with Crippen LogP contribution in [0.4, 0.5) is 5.69 Å². The summed E-state index contributed by atoms with van der Waals surface area (Å²) in [6.07, 6.45) is 1.52. The van der Waals surface area contributed by atoms with Gasteiger partial charge in [-0.2, -0.15) is 0 Å². The third-order valence-corrected chi connectivity index (χ3v) is 5.69.